The van der Waals surface area contributed by atoms with Crippen LogP contribution in [0.3, 0.4) is 0 Å². The van der Waals surface area contributed by atoms with Crippen LogP contribution in [0.4, 0.5) is 0 Å². The second-order valence-corrected chi connectivity index (χ2v) is 6.40. The third-order valence-electron chi connectivity index (χ3n) is 3.20. The lowest BCUT2D eigenvalue weighted by Gasteiger charge is -2.14. The van der Waals surface area contributed by atoms with Crippen molar-refractivity contribution in [2.24, 2.45) is 0 Å². The van der Waals surface area contributed by atoms with Crippen molar-refractivity contribution in [3.63, 3.8) is 0 Å². The van der Waals surface area contributed by atoms with Crippen LogP contribution in [0.2, 0.25) is 0 Å². The minimum absolute atomic E-state index is 0. The van der Waals surface area contributed by atoms with Crippen molar-refractivity contribution in [2.75, 3.05) is 26.7 Å². The Hall–Kier alpha value is -1.35. The molecule has 0 fully saturated rings. The molecule has 22 heavy (non-hydrogen) atoms. The molecule has 0 amide bonds. The van der Waals surface area contributed by atoms with Gasteiger partial charge in [-0.2, -0.15) is 0 Å². The fraction of sp³-hybridized carbons (Fsp3) is 0.462. The van der Waals surface area contributed by atoms with Crippen molar-refractivity contribution in [3.05, 3.63) is 29.2 Å². The van der Waals surface area contributed by atoms with E-state index in [0.717, 1.165) is 25.1 Å². The summed E-state index contributed by atoms with van der Waals surface area (Å²) in [7, 11) is -2.52. The van der Waals surface area contributed by atoms with Crippen LogP contribution >= 0.6 is 12.4 Å². The molecular formula is C13H19ClN2O5S. The van der Waals surface area contributed by atoms with Crippen LogP contribution in [0, 0.1) is 6.92 Å². The molecule has 0 atom stereocenters. The number of ether oxygens (including phenoxy) is 1. The second-order valence-electron chi connectivity index (χ2n) is 4.66. The highest BCUT2D eigenvalue weighted by Gasteiger charge is 2.24. The molecule has 0 radical (unpaired) electrons. The van der Waals surface area contributed by atoms with Crippen LogP contribution in [0.25, 0.3) is 0 Å². The zero-order valence-electron chi connectivity index (χ0n) is 12.3. The number of carbonyl (C=O) groups excluding carboxylic acids is 1. The van der Waals surface area contributed by atoms with Gasteiger partial charge in [0.15, 0.2) is 0 Å². The normalized spacial score (nSPS) is 14.9. The van der Waals surface area contributed by atoms with E-state index < -0.39 is 16.0 Å². The molecular weight excluding hydrogens is 332 g/mol. The van der Waals surface area contributed by atoms with Gasteiger partial charge < -0.3 is 14.5 Å². The zero-order valence-corrected chi connectivity index (χ0v) is 14.0. The predicted octanol–water partition coefficient (Wildman–Crippen LogP) is 0.994. The van der Waals surface area contributed by atoms with Crippen LogP contribution in [0.5, 0.6) is 0 Å². The van der Waals surface area contributed by atoms with Gasteiger partial charge in [-0.05, 0) is 19.9 Å². The summed E-state index contributed by atoms with van der Waals surface area (Å²) in [6.45, 7) is 3.33. The maximum Gasteiger partial charge on any atom is 0.373 e. The van der Waals surface area contributed by atoms with Gasteiger partial charge in [0, 0.05) is 19.2 Å². The maximum atomic E-state index is 12.3. The van der Waals surface area contributed by atoms with Crippen molar-refractivity contribution in [1.82, 2.24) is 10.0 Å². The molecule has 2 N–H and O–H groups in total. The minimum atomic E-state index is -3.72. The zero-order chi connectivity index (χ0) is 15.5. The molecule has 1 aromatic heterocycles. The monoisotopic (exact) mass is 350 g/mol. The number of sulfonamides is 1. The number of halogens is 1. The molecule has 0 aromatic carbocycles. The molecule has 2 rings (SSSR count). The number of rotatable bonds is 5. The van der Waals surface area contributed by atoms with Crippen molar-refractivity contribution in [1.29, 1.82) is 0 Å². The van der Waals surface area contributed by atoms with E-state index in [0.29, 0.717) is 0 Å². The quantitative estimate of drug-likeness (QED) is 0.607. The lowest BCUT2D eigenvalue weighted by molar-refractivity contribution is 0.0563. The van der Waals surface area contributed by atoms with E-state index >= 15 is 0 Å². The molecule has 2 heterocycles. The average Bonchev–Trinajstić information content (AvgIpc) is 2.88. The van der Waals surface area contributed by atoms with E-state index in [1.807, 2.05) is 6.08 Å². The van der Waals surface area contributed by atoms with Crippen molar-refractivity contribution in [2.45, 2.75) is 18.2 Å². The number of hydrogen-bond donors (Lipinski definition) is 2. The summed E-state index contributed by atoms with van der Waals surface area (Å²) in [6.07, 6.45) is 2.77. The van der Waals surface area contributed by atoms with Crippen LogP contribution in [-0.2, 0) is 14.8 Å². The number of nitrogens with one attached hydrogen (secondary N) is 2. The molecule has 7 nitrogen and oxygen atoms in total. The van der Waals surface area contributed by atoms with Gasteiger partial charge in [-0.3, -0.25) is 0 Å². The molecule has 1 aliphatic heterocycles. The molecule has 124 valence electrons. The summed E-state index contributed by atoms with van der Waals surface area (Å²) >= 11 is 0. The molecule has 0 spiro atoms. The topological polar surface area (TPSA) is 97.6 Å². The van der Waals surface area contributed by atoms with Gasteiger partial charge in [-0.25, -0.2) is 17.9 Å². The van der Waals surface area contributed by atoms with E-state index in [4.69, 9.17) is 4.42 Å². The molecule has 0 aliphatic carbocycles. The number of furan rings is 1. The Labute approximate surface area is 135 Å². The fourth-order valence-corrected chi connectivity index (χ4v) is 3.24. The van der Waals surface area contributed by atoms with Gasteiger partial charge >= 0.3 is 5.97 Å². The highest BCUT2D eigenvalue weighted by Crippen LogP contribution is 2.20. The largest absolute Gasteiger partial charge is 0.463 e. The molecule has 1 aromatic rings. The molecule has 9 heteroatoms. The maximum absolute atomic E-state index is 12.3. The molecule has 0 saturated heterocycles. The minimum Gasteiger partial charge on any atom is -0.463 e. The third kappa shape index (κ3) is 4.33. The third-order valence-corrected chi connectivity index (χ3v) is 4.70. The van der Waals surface area contributed by atoms with E-state index in [2.05, 4.69) is 14.8 Å². The standard InChI is InChI=1S/C13H18N2O5S.ClH/c1-9-12(7-11(20-9)13(16)19-2)21(17,18)15-8-10-3-5-14-6-4-10;/h3,7,14-15H,4-6,8H2,1-2H3;1H. The van der Waals surface area contributed by atoms with Crippen molar-refractivity contribution >= 4 is 28.4 Å². The summed E-state index contributed by atoms with van der Waals surface area (Å²) in [6, 6.07) is 1.18. The van der Waals surface area contributed by atoms with Gasteiger partial charge in [0.1, 0.15) is 10.7 Å². The van der Waals surface area contributed by atoms with Crippen LogP contribution in [-0.4, -0.2) is 41.1 Å². The summed E-state index contributed by atoms with van der Waals surface area (Å²) in [5, 5.41) is 3.15. The second kappa shape index (κ2) is 7.77. The lowest BCUT2D eigenvalue weighted by atomic mass is 10.1. The van der Waals surface area contributed by atoms with Gasteiger partial charge in [0.05, 0.1) is 7.11 Å². The first-order chi connectivity index (χ1) is 9.94. The molecule has 1 aliphatic rings. The predicted molar refractivity (Wildman–Crippen MR) is 82.8 cm³/mol. The Kier molecular flexibility index (Phi) is 6.61. The smallest absolute Gasteiger partial charge is 0.373 e. The van der Waals surface area contributed by atoms with Crippen molar-refractivity contribution < 1.29 is 22.4 Å². The highest BCUT2D eigenvalue weighted by molar-refractivity contribution is 7.89. The number of hydrogen-bond acceptors (Lipinski definition) is 6. The van der Waals surface area contributed by atoms with Crippen molar-refractivity contribution in [3.8, 4) is 0 Å². The summed E-state index contributed by atoms with van der Waals surface area (Å²) in [5.41, 5.74) is 1.03. The van der Waals surface area contributed by atoms with E-state index in [9.17, 15) is 13.2 Å². The van der Waals surface area contributed by atoms with Gasteiger partial charge in [0.25, 0.3) is 0 Å². The van der Waals surface area contributed by atoms with E-state index in [-0.39, 0.29) is 35.4 Å². The first kappa shape index (κ1) is 18.7. The Balaban J connectivity index is 0.00000242. The number of carbonyl (C=O) groups is 1. The summed E-state index contributed by atoms with van der Waals surface area (Å²) in [5.74, 6) is -0.681. The Morgan fingerprint density at radius 3 is 2.82 bits per heavy atom. The fourth-order valence-electron chi connectivity index (χ4n) is 2.03. The summed E-state index contributed by atoms with van der Waals surface area (Å²) in [4.78, 5) is 11.3. The van der Waals surface area contributed by atoms with Gasteiger partial charge in [0.2, 0.25) is 15.8 Å². The molecule has 0 saturated carbocycles. The van der Waals surface area contributed by atoms with Crippen LogP contribution in [0.15, 0.2) is 27.0 Å². The Morgan fingerprint density at radius 1 is 1.50 bits per heavy atom. The van der Waals surface area contributed by atoms with Gasteiger partial charge in [-0.1, -0.05) is 11.6 Å². The molecule has 0 unspecified atom stereocenters. The number of esters is 1. The first-order valence-corrected chi connectivity index (χ1v) is 7.99. The van der Waals surface area contributed by atoms with Gasteiger partial charge in [-0.15, -0.1) is 12.4 Å². The number of aryl methyl sites for hydroxylation is 1. The average molecular weight is 351 g/mol. The Bertz CT molecular complexity index is 666. The SMILES string of the molecule is COC(=O)c1cc(S(=O)(=O)NCC2=CCNCC2)c(C)o1.Cl. The highest BCUT2D eigenvalue weighted by atomic mass is 35.5. The summed E-state index contributed by atoms with van der Waals surface area (Å²) < 4.78 is 36.7. The van der Waals surface area contributed by atoms with E-state index in [1.165, 1.54) is 20.1 Å². The molecule has 0 bridgehead atoms. The van der Waals surface area contributed by atoms with E-state index in [1.54, 1.807) is 0 Å². The lowest BCUT2D eigenvalue weighted by Crippen LogP contribution is -2.29. The van der Waals surface area contributed by atoms with Crippen LogP contribution < -0.4 is 10.0 Å². The first-order valence-electron chi connectivity index (χ1n) is 6.51. The Morgan fingerprint density at radius 2 is 2.23 bits per heavy atom. The number of methoxy groups -OCH3 is 1. The van der Waals surface area contributed by atoms with Crippen LogP contribution in [0.1, 0.15) is 22.7 Å².